The van der Waals surface area contributed by atoms with Gasteiger partial charge in [0.1, 0.15) is 5.82 Å². The van der Waals surface area contributed by atoms with Crippen molar-refractivity contribution >= 4 is 11.4 Å². The summed E-state index contributed by atoms with van der Waals surface area (Å²) < 4.78 is 13.5. The van der Waals surface area contributed by atoms with E-state index in [0.29, 0.717) is 11.4 Å². The molecule has 18 heavy (non-hydrogen) atoms. The summed E-state index contributed by atoms with van der Waals surface area (Å²) in [6.07, 6.45) is 6.48. The van der Waals surface area contributed by atoms with Crippen LogP contribution >= 0.6 is 0 Å². The Labute approximate surface area is 109 Å². The highest BCUT2D eigenvalue weighted by Crippen LogP contribution is 2.30. The highest BCUT2D eigenvalue weighted by atomic mass is 19.1. The fourth-order valence-electron chi connectivity index (χ4n) is 2.70. The number of hydrogen-bond acceptors (Lipinski definition) is 2. The predicted molar refractivity (Wildman–Crippen MR) is 75.0 cm³/mol. The molecule has 100 valence electrons. The van der Waals surface area contributed by atoms with Gasteiger partial charge in [0.05, 0.1) is 5.69 Å². The molecular formula is C15H23FN2. The van der Waals surface area contributed by atoms with E-state index in [1.807, 2.05) is 0 Å². The first kappa shape index (κ1) is 13.2. The Morgan fingerprint density at radius 1 is 1.28 bits per heavy atom. The molecule has 0 spiro atoms. The normalized spacial score (nSPS) is 23.9. The first-order chi connectivity index (χ1) is 8.65. The van der Waals surface area contributed by atoms with Gasteiger partial charge in [-0.3, -0.25) is 0 Å². The van der Waals surface area contributed by atoms with E-state index in [9.17, 15) is 4.39 Å². The van der Waals surface area contributed by atoms with E-state index in [-0.39, 0.29) is 5.82 Å². The molecule has 2 rings (SSSR count). The largest absolute Gasteiger partial charge is 0.399 e. The summed E-state index contributed by atoms with van der Waals surface area (Å²) >= 11 is 0. The summed E-state index contributed by atoms with van der Waals surface area (Å²) in [5.41, 5.74) is 6.55. The Bertz CT molecular complexity index is 384. The molecule has 1 saturated carbocycles. The van der Waals surface area contributed by atoms with Crippen molar-refractivity contribution in [3.63, 3.8) is 0 Å². The second-order valence-electron chi connectivity index (χ2n) is 5.58. The average Bonchev–Trinajstić information content (AvgIpc) is 2.34. The highest BCUT2D eigenvalue weighted by Gasteiger charge is 2.17. The maximum absolute atomic E-state index is 13.5. The van der Waals surface area contributed by atoms with Crippen LogP contribution < -0.4 is 11.1 Å². The van der Waals surface area contributed by atoms with Crippen molar-refractivity contribution in [3.8, 4) is 0 Å². The number of nitrogens with two attached hydrogens (primary N) is 1. The number of nitrogen functional groups attached to an aromatic ring is 1. The topological polar surface area (TPSA) is 38.0 Å². The maximum Gasteiger partial charge on any atom is 0.148 e. The maximum atomic E-state index is 13.5. The molecule has 0 aliphatic heterocycles. The van der Waals surface area contributed by atoms with Crippen LogP contribution in [-0.2, 0) is 0 Å². The molecule has 0 saturated heterocycles. The fourth-order valence-corrected chi connectivity index (χ4v) is 2.70. The summed E-state index contributed by atoms with van der Waals surface area (Å²) in [6.45, 7) is 3.18. The van der Waals surface area contributed by atoms with Gasteiger partial charge in [-0.2, -0.15) is 0 Å². The van der Waals surface area contributed by atoms with E-state index < -0.39 is 0 Å². The van der Waals surface area contributed by atoms with Crippen molar-refractivity contribution in [1.29, 1.82) is 0 Å². The van der Waals surface area contributed by atoms with Crippen LogP contribution in [0.5, 0.6) is 0 Å². The first-order valence-corrected chi connectivity index (χ1v) is 6.94. The summed E-state index contributed by atoms with van der Waals surface area (Å²) in [7, 11) is 0. The SMILES string of the molecule is CC1CCC(CCNc2ccc(N)cc2F)CC1. The van der Waals surface area contributed by atoms with Crippen molar-refractivity contribution in [2.45, 2.75) is 39.0 Å². The van der Waals surface area contributed by atoms with Gasteiger partial charge >= 0.3 is 0 Å². The van der Waals surface area contributed by atoms with Gasteiger partial charge in [-0.25, -0.2) is 4.39 Å². The molecule has 1 aromatic carbocycles. The lowest BCUT2D eigenvalue weighted by Gasteiger charge is -2.26. The van der Waals surface area contributed by atoms with Crippen LogP contribution in [0.15, 0.2) is 18.2 Å². The molecule has 0 amide bonds. The van der Waals surface area contributed by atoms with E-state index in [1.165, 1.54) is 31.7 Å². The molecule has 0 bridgehead atoms. The summed E-state index contributed by atoms with van der Waals surface area (Å²) in [5, 5.41) is 3.17. The van der Waals surface area contributed by atoms with Crippen molar-refractivity contribution in [3.05, 3.63) is 24.0 Å². The van der Waals surface area contributed by atoms with Crippen LogP contribution in [0.1, 0.15) is 39.0 Å². The monoisotopic (exact) mass is 250 g/mol. The Hall–Kier alpha value is -1.25. The van der Waals surface area contributed by atoms with Gasteiger partial charge in [-0.1, -0.05) is 32.6 Å². The molecular weight excluding hydrogens is 227 g/mol. The van der Waals surface area contributed by atoms with Gasteiger partial charge < -0.3 is 11.1 Å². The third-order valence-corrected chi connectivity index (χ3v) is 4.00. The minimum atomic E-state index is -0.257. The Morgan fingerprint density at radius 3 is 2.67 bits per heavy atom. The molecule has 0 heterocycles. The zero-order chi connectivity index (χ0) is 13.0. The van der Waals surface area contributed by atoms with E-state index in [1.54, 1.807) is 12.1 Å². The van der Waals surface area contributed by atoms with Crippen LogP contribution in [0, 0.1) is 17.7 Å². The molecule has 0 atom stereocenters. The molecule has 0 radical (unpaired) electrons. The number of benzene rings is 1. The molecule has 2 nitrogen and oxygen atoms in total. The average molecular weight is 250 g/mol. The van der Waals surface area contributed by atoms with Crippen molar-refractivity contribution in [1.82, 2.24) is 0 Å². The van der Waals surface area contributed by atoms with Crippen molar-refractivity contribution < 1.29 is 4.39 Å². The number of rotatable bonds is 4. The number of anilines is 2. The molecule has 3 N–H and O–H groups in total. The Kier molecular flexibility index (Phi) is 4.45. The van der Waals surface area contributed by atoms with Gasteiger partial charge in [0.15, 0.2) is 0 Å². The van der Waals surface area contributed by atoms with Crippen molar-refractivity contribution in [2.75, 3.05) is 17.6 Å². The van der Waals surface area contributed by atoms with Gasteiger partial charge in [0, 0.05) is 12.2 Å². The minimum absolute atomic E-state index is 0.257. The quantitative estimate of drug-likeness (QED) is 0.792. The summed E-state index contributed by atoms with van der Waals surface area (Å²) in [6, 6.07) is 4.81. The van der Waals surface area contributed by atoms with Crippen LogP contribution in [0.3, 0.4) is 0 Å². The van der Waals surface area contributed by atoms with Gasteiger partial charge in [0.2, 0.25) is 0 Å². The van der Waals surface area contributed by atoms with Crippen LogP contribution in [-0.4, -0.2) is 6.54 Å². The van der Waals surface area contributed by atoms with Gasteiger partial charge in [-0.05, 0) is 36.5 Å². The van der Waals surface area contributed by atoms with Crippen LogP contribution in [0.4, 0.5) is 15.8 Å². The first-order valence-electron chi connectivity index (χ1n) is 6.94. The predicted octanol–water partition coefficient (Wildman–Crippen LogP) is 4.04. The van der Waals surface area contributed by atoms with Crippen molar-refractivity contribution in [2.24, 2.45) is 11.8 Å². The van der Waals surface area contributed by atoms with E-state index >= 15 is 0 Å². The van der Waals surface area contributed by atoms with E-state index in [0.717, 1.165) is 24.8 Å². The van der Waals surface area contributed by atoms with Crippen LogP contribution in [0.25, 0.3) is 0 Å². The lowest BCUT2D eigenvalue weighted by atomic mass is 9.81. The van der Waals surface area contributed by atoms with Gasteiger partial charge in [-0.15, -0.1) is 0 Å². The molecule has 0 aromatic heterocycles. The zero-order valence-electron chi connectivity index (χ0n) is 11.1. The second-order valence-corrected chi connectivity index (χ2v) is 5.58. The molecule has 3 heteroatoms. The third kappa shape index (κ3) is 3.62. The zero-order valence-corrected chi connectivity index (χ0v) is 11.1. The summed E-state index contributed by atoms with van der Waals surface area (Å²) in [5.74, 6) is 1.45. The number of nitrogens with one attached hydrogen (secondary N) is 1. The lowest BCUT2D eigenvalue weighted by Crippen LogP contribution is -2.16. The molecule has 0 unspecified atom stereocenters. The summed E-state index contributed by atoms with van der Waals surface area (Å²) in [4.78, 5) is 0. The van der Waals surface area contributed by atoms with E-state index in [4.69, 9.17) is 5.73 Å². The minimum Gasteiger partial charge on any atom is -0.399 e. The Balaban J connectivity index is 1.75. The number of halogens is 1. The van der Waals surface area contributed by atoms with E-state index in [2.05, 4.69) is 12.2 Å². The molecule has 1 aromatic rings. The molecule has 1 aliphatic carbocycles. The fraction of sp³-hybridized carbons (Fsp3) is 0.600. The highest BCUT2D eigenvalue weighted by molar-refractivity contribution is 5.52. The smallest absolute Gasteiger partial charge is 0.148 e. The molecule has 1 aliphatic rings. The third-order valence-electron chi connectivity index (χ3n) is 4.00. The Morgan fingerprint density at radius 2 is 2.00 bits per heavy atom. The lowest BCUT2D eigenvalue weighted by molar-refractivity contribution is 0.282. The number of hydrogen-bond donors (Lipinski definition) is 2. The van der Waals surface area contributed by atoms with Crippen LogP contribution in [0.2, 0.25) is 0 Å². The van der Waals surface area contributed by atoms with Gasteiger partial charge in [0.25, 0.3) is 0 Å². The molecule has 1 fully saturated rings. The standard InChI is InChI=1S/C15H23FN2/c1-11-2-4-12(5-3-11)8-9-18-15-7-6-13(17)10-14(15)16/h6-7,10-12,18H,2-5,8-9,17H2,1H3. The second kappa shape index (κ2) is 6.07.